The molecule has 0 unspecified atom stereocenters. The summed E-state index contributed by atoms with van der Waals surface area (Å²) >= 11 is 0. The Balaban J connectivity index is 2.09. The van der Waals surface area contributed by atoms with Crippen molar-refractivity contribution in [3.8, 4) is 0 Å². The molecule has 0 spiro atoms. The first-order valence-electron chi connectivity index (χ1n) is 5.87. The van der Waals surface area contributed by atoms with Crippen LogP contribution in [0.2, 0.25) is 0 Å². The van der Waals surface area contributed by atoms with Gasteiger partial charge in [0.15, 0.2) is 0 Å². The summed E-state index contributed by atoms with van der Waals surface area (Å²) in [5.74, 6) is 0. The molecule has 92 valence electrons. The number of rotatable bonds is 4. The topological polar surface area (TPSA) is 47.7 Å². The maximum absolute atomic E-state index is 4.42. The SMILES string of the molecule is CCn1nc(C)cc1CNc1cn(C)nc1C. The molecule has 0 aromatic carbocycles. The molecule has 0 saturated heterocycles. The first-order chi connectivity index (χ1) is 8.10. The summed E-state index contributed by atoms with van der Waals surface area (Å²) < 4.78 is 3.84. The van der Waals surface area contributed by atoms with Crippen LogP contribution >= 0.6 is 0 Å². The molecule has 5 nitrogen and oxygen atoms in total. The molecule has 2 rings (SSSR count). The highest BCUT2D eigenvalue weighted by Gasteiger charge is 2.06. The highest BCUT2D eigenvalue weighted by Crippen LogP contribution is 2.13. The first kappa shape index (κ1) is 11.7. The van der Waals surface area contributed by atoms with Crippen molar-refractivity contribution in [1.29, 1.82) is 0 Å². The Kier molecular flexibility index (Phi) is 3.17. The lowest BCUT2D eigenvalue weighted by Gasteiger charge is -2.06. The highest BCUT2D eigenvalue weighted by molar-refractivity contribution is 5.45. The van der Waals surface area contributed by atoms with Gasteiger partial charge in [-0.2, -0.15) is 10.2 Å². The lowest BCUT2D eigenvalue weighted by Crippen LogP contribution is -2.08. The van der Waals surface area contributed by atoms with E-state index < -0.39 is 0 Å². The quantitative estimate of drug-likeness (QED) is 0.877. The summed E-state index contributed by atoms with van der Waals surface area (Å²) in [7, 11) is 1.93. The number of nitrogens with one attached hydrogen (secondary N) is 1. The minimum absolute atomic E-state index is 0.779. The van der Waals surface area contributed by atoms with Gasteiger partial charge in [0.05, 0.1) is 29.3 Å². The Bertz CT molecular complexity index is 509. The van der Waals surface area contributed by atoms with E-state index in [-0.39, 0.29) is 0 Å². The van der Waals surface area contributed by atoms with E-state index in [1.54, 1.807) is 0 Å². The number of anilines is 1. The normalized spacial score (nSPS) is 10.8. The van der Waals surface area contributed by atoms with Crippen LogP contribution in [0.3, 0.4) is 0 Å². The standard InChI is InChI=1S/C12H19N5/c1-5-17-11(6-9(2)14-17)7-13-12-8-16(4)15-10(12)3/h6,8,13H,5,7H2,1-4H3. The molecular weight excluding hydrogens is 214 g/mol. The molecule has 0 aliphatic heterocycles. The fourth-order valence-corrected chi connectivity index (χ4v) is 1.97. The summed E-state index contributed by atoms with van der Waals surface area (Å²) in [6.07, 6.45) is 1.99. The van der Waals surface area contributed by atoms with Gasteiger partial charge in [-0.05, 0) is 26.8 Å². The Labute approximate surface area is 101 Å². The van der Waals surface area contributed by atoms with Crippen LogP contribution in [0.15, 0.2) is 12.3 Å². The van der Waals surface area contributed by atoms with Crippen LogP contribution in [0.5, 0.6) is 0 Å². The lowest BCUT2D eigenvalue weighted by atomic mass is 10.3. The smallest absolute Gasteiger partial charge is 0.0825 e. The van der Waals surface area contributed by atoms with E-state index in [4.69, 9.17) is 0 Å². The number of aromatic nitrogens is 4. The second-order valence-corrected chi connectivity index (χ2v) is 4.25. The van der Waals surface area contributed by atoms with E-state index in [9.17, 15) is 0 Å². The Hall–Kier alpha value is -1.78. The van der Waals surface area contributed by atoms with Gasteiger partial charge in [0.2, 0.25) is 0 Å². The summed E-state index contributed by atoms with van der Waals surface area (Å²) in [5.41, 5.74) is 4.36. The minimum Gasteiger partial charge on any atom is -0.377 e. The van der Waals surface area contributed by atoms with E-state index >= 15 is 0 Å². The third-order valence-electron chi connectivity index (χ3n) is 2.76. The third-order valence-corrected chi connectivity index (χ3v) is 2.76. The lowest BCUT2D eigenvalue weighted by molar-refractivity contribution is 0.623. The molecule has 0 bridgehead atoms. The van der Waals surface area contributed by atoms with Crippen LogP contribution in [-0.2, 0) is 20.1 Å². The molecule has 0 aliphatic carbocycles. The zero-order valence-corrected chi connectivity index (χ0v) is 10.9. The summed E-state index contributed by atoms with van der Waals surface area (Å²) in [6, 6.07) is 2.11. The highest BCUT2D eigenvalue weighted by atomic mass is 15.3. The summed E-state index contributed by atoms with van der Waals surface area (Å²) in [6.45, 7) is 7.80. The van der Waals surface area contributed by atoms with E-state index in [0.29, 0.717) is 0 Å². The maximum atomic E-state index is 4.42. The van der Waals surface area contributed by atoms with Gasteiger partial charge in [0.25, 0.3) is 0 Å². The molecule has 17 heavy (non-hydrogen) atoms. The van der Waals surface area contributed by atoms with E-state index in [1.165, 1.54) is 5.69 Å². The predicted molar refractivity (Wildman–Crippen MR) is 67.9 cm³/mol. The van der Waals surface area contributed by atoms with Crippen molar-refractivity contribution in [1.82, 2.24) is 19.6 Å². The molecular formula is C12H19N5. The minimum atomic E-state index is 0.779. The van der Waals surface area contributed by atoms with Crippen LogP contribution < -0.4 is 5.32 Å². The van der Waals surface area contributed by atoms with Gasteiger partial charge < -0.3 is 5.32 Å². The molecule has 2 heterocycles. The second-order valence-electron chi connectivity index (χ2n) is 4.25. The molecule has 0 amide bonds. The van der Waals surface area contributed by atoms with Crippen LogP contribution in [-0.4, -0.2) is 19.6 Å². The number of aryl methyl sites for hydroxylation is 4. The van der Waals surface area contributed by atoms with Crippen molar-refractivity contribution in [2.24, 2.45) is 7.05 Å². The second kappa shape index (κ2) is 4.61. The number of hydrogen-bond acceptors (Lipinski definition) is 3. The third kappa shape index (κ3) is 2.49. The molecule has 0 radical (unpaired) electrons. The van der Waals surface area contributed by atoms with Gasteiger partial charge in [-0.3, -0.25) is 9.36 Å². The summed E-state index contributed by atoms with van der Waals surface area (Å²) in [4.78, 5) is 0. The van der Waals surface area contributed by atoms with E-state index in [2.05, 4.69) is 28.5 Å². The van der Waals surface area contributed by atoms with Gasteiger partial charge in [-0.25, -0.2) is 0 Å². The van der Waals surface area contributed by atoms with Crippen LogP contribution in [0.4, 0.5) is 5.69 Å². The fraction of sp³-hybridized carbons (Fsp3) is 0.500. The molecule has 0 fully saturated rings. The molecule has 2 aromatic rings. The van der Waals surface area contributed by atoms with Crippen molar-refractivity contribution >= 4 is 5.69 Å². The largest absolute Gasteiger partial charge is 0.377 e. The van der Waals surface area contributed by atoms with Gasteiger partial charge in [0.1, 0.15) is 0 Å². The Morgan fingerprint density at radius 3 is 2.65 bits per heavy atom. The van der Waals surface area contributed by atoms with Crippen LogP contribution in [0, 0.1) is 13.8 Å². The molecule has 0 saturated carbocycles. The van der Waals surface area contributed by atoms with Crippen molar-refractivity contribution in [2.45, 2.75) is 33.9 Å². The average molecular weight is 233 g/mol. The fourth-order valence-electron chi connectivity index (χ4n) is 1.97. The van der Waals surface area contributed by atoms with Crippen molar-refractivity contribution in [2.75, 3.05) is 5.32 Å². The molecule has 1 N–H and O–H groups in total. The molecule has 0 atom stereocenters. The maximum Gasteiger partial charge on any atom is 0.0825 e. The zero-order chi connectivity index (χ0) is 12.4. The van der Waals surface area contributed by atoms with Crippen molar-refractivity contribution < 1.29 is 0 Å². The van der Waals surface area contributed by atoms with Crippen LogP contribution in [0.1, 0.15) is 24.0 Å². The Morgan fingerprint density at radius 1 is 1.29 bits per heavy atom. The monoisotopic (exact) mass is 233 g/mol. The Morgan fingerprint density at radius 2 is 2.06 bits per heavy atom. The van der Waals surface area contributed by atoms with Gasteiger partial charge in [-0.15, -0.1) is 0 Å². The average Bonchev–Trinajstić information content (AvgIpc) is 2.78. The van der Waals surface area contributed by atoms with E-state index in [0.717, 1.165) is 30.2 Å². The van der Waals surface area contributed by atoms with Gasteiger partial charge >= 0.3 is 0 Å². The van der Waals surface area contributed by atoms with Gasteiger partial charge in [0, 0.05) is 19.8 Å². The van der Waals surface area contributed by atoms with E-state index in [1.807, 2.05) is 36.5 Å². The zero-order valence-electron chi connectivity index (χ0n) is 10.9. The van der Waals surface area contributed by atoms with Crippen molar-refractivity contribution in [3.63, 3.8) is 0 Å². The predicted octanol–water partition coefficient (Wildman–Crippen LogP) is 1.87. The molecule has 0 aliphatic rings. The molecule has 2 aromatic heterocycles. The first-order valence-corrected chi connectivity index (χ1v) is 5.87. The molecule has 5 heteroatoms. The van der Waals surface area contributed by atoms with Gasteiger partial charge in [-0.1, -0.05) is 0 Å². The summed E-state index contributed by atoms with van der Waals surface area (Å²) in [5, 5.41) is 12.1. The number of hydrogen-bond donors (Lipinski definition) is 1. The van der Waals surface area contributed by atoms with Crippen LogP contribution in [0.25, 0.3) is 0 Å². The number of nitrogens with zero attached hydrogens (tertiary/aromatic N) is 4. The van der Waals surface area contributed by atoms with Crippen molar-refractivity contribution in [3.05, 3.63) is 29.3 Å².